The van der Waals surface area contributed by atoms with Gasteiger partial charge in [-0.1, -0.05) is 5.16 Å². The zero-order valence-electron chi connectivity index (χ0n) is 9.79. The molecule has 19 heavy (non-hydrogen) atoms. The summed E-state index contributed by atoms with van der Waals surface area (Å²) in [5.74, 6) is -3.65. The molecule has 0 radical (unpaired) electrons. The van der Waals surface area contributed by atoms with E-state index in [4.69, 9.17) is 4.52 Å². The second-order valence-corrected chi connectivity index (χ2v) is 4.36. The van der Waals surface area contributed by atoms with Crippen molar-refractivity contribution >= 4 is 0 Å². The molecule has 0 amide bonds. The third-order valence-electron chi connectivity index (χ3n) is 3.04. The molecule has 2 aromatic rings. The lowest BCUT2D eigenvalue weighted by atomic mass is 10.2. The standard InChI is InChI=1S/C12H10F3N3O/c13-7-4-6(5-8(14)10(7)15)11-17-12(19-18-11)9-2-1-3-16-9/h4-5,9,16H,1-3H2. The number of nitrogens with one attached hydrogen (secondary N) is 1. The molecule has 0 spiro atoms. The molecule has 4 nitrogen and oxygen atoms in total. The van der Waals surface area contributed by atoms with Crippen LogP contribution in [0.1, 0.15) is 24.8 Å². The maximum atomic E-state index is 13.1. The lowest BCUT2D eigenvalue weighted by Crippen LogP contribution is -2.12. The van der Waals surface area contributed by atoms with Crippen molar-refractivity contribution in [1.29, 1.82) is 0 Å². The fourth-order valence-corrected chi connectivity index (χ4v) is 2.07. The first-order chi connectivity index (χ1) is 9.15. The number of aromatic nitrogens is 2. The molecule has 0 saturated carbocycles. The van der Waals surface area contributed by atoms with Crippen molar-refractivity contribution in [3.8, 4) is 11.4 Å². The van der Waals surface area contributed by atoms with Crippen LogP contribution in [0.5, 0.6) is 0 Å². The molecule has 1 atom stereocenters. The number of rotatable bonds is 2. The van der Waals surface area contributed by atoms with E-state index in [1.54, 1.807) is 0 Å². The lowest BCUT2D eigenvalue weighted by Gasteiger charge is -2.01. The molecule has 1 N–H and O–H groups in total. The number of halogens is 3. The van der Waals surface area contributed by atoms with Crippen LogP contribution in [0.4, 0.5) is 13.2 Å². The van der Waals surface area contributed by atoms with E-state index in [2.05, 4.69) is 15.5 Å². The minimum absolute atomic E-state index is 0.0311. The Morgan fingerprint density at radius 3 is 2.58 bits per heavy atom. The summed E-state index contributed by atoms with van der Waals surface area (Å²) < 4.78 is 44.1. The van der Waals surface area contributed by atoms with Crippen molar-refractivity contribution in [3.05, 3.63) is 35.5 Å². The van der Waals surface area contributed by atoms with Crippen LogP contribution >= 0.6 is 0 Å². The lowest BCUT2D eigenvalue weighted by molar-refractivity contribution is 0.345. The van der Waals surface area contributed by atoms with Crippen LogP contribution in [0.3, 0.4) is 0 Å². The molecule has 1 fully saturated rings. The van der Waals surface area contributed by atoms with Gasteiger partial charge in [-0.05, 0) is 31.5 Å². The fourth-order valence-electron chi connectivity index (χ4n) is 2.07. The average molecular weight is 269 g/mol. The van der Waals surface area contributed by atoms with Crippen molar-refractivity contribution in [2.45, 2.75) is 18.9 Å². The Morgan fingerprint density at radius 1 is 1.21 bits per heavy atom. The fraction of sp³-hybridized carbons (Fsp3) is 0.333. The smallest absolute Gasteiger partial charge is 0.244 e. The van der Waals surface area contributed by atoms with Gasteiger partial charge in [0.15, 0.2) is 17.5 Å². The van der Waals surface area contributed by atoms with E-state index in [1.807, 2.05) is 0 Å². The average Bonchev–Trinajstić information content (AvgIpc) is 3.05. The number of benzene rings is 1. The highest BCUT2D eigenvalue weighted by atomic mass is 19.2. The monoisotopic (exact) mass is 269 g/mol. The van der Waals surface area contributed by atoms with Gasteiger partial charge in [0.05, 0.1) is 6.04 Å². The van der Waals surface area contributed by atoms with Gasteiger partial charge in [-0.15, -0.1) is 0 Å². The molecule has 1 unspecified atom stereocenters. The molecule has 1 aromatic carbocycles. The van der Waals surface area contributed by atoms with Crippen LogP contribution in [-0.2, 0) is 0 Å². The zero-order chi connectivity index (χ0) is 13.4. The minimum atomic E-state index is -1.51. The normalized spacial score (nSPS) is 19.0. The molecule has 1 aliphatic rings. The van der Waals surface area contributed by atoms with Gasteiger partial charge in [0.2, 0.25) is 11.7 Å². The molecular formula is C12H10F3N3O. The van der Waals surface area contributed by atoms with Crippen LogP contribution in [-0.4, -0.2) is 16.7 Å². The van der Waals surface area contributed by atoms with Crippen molar-refractivity contribution < 1.29 is 17.7 Å². The maximum Gasteiger partial charge on any atom is 0.244 e. The Balaban J connectivity index is 1.94. The maximum absolute atomic E-state index is 13.1. The number of nitrogens with zero attached hydrogens (tertiary/aromatic N) is 2. The Kier molecular flexibility index (Phi) is 2.98. The van der Waals surface area contributed by atoms with Gasteiger partial charge < -0.3 is 9.84 Å². The first-order valence-corrected chi connectivity index (χ1v) is 5.87. The second kappa shape index (κ2) is 4.65. The Bertz CT molecular complexity index is 585. The summed E-state index contributed by atoms with van der Waals surface area (Å²) in [7, 11) is 0. The van der Waals surface area contributed by atoms with Gasteiger partial charge in [-0.2, -0.15) is 4.98 Å². The second-order valence-electron chi connectivity index (χ2n) is 4.36. The highest BCUT2D eigenvalue weighted by Gasteiger charge is 2.23. The van der Waals surface area contributed by atoms with Gasteiger partial charge in [0, 0.05) is 5.56 Å². The summed E-state index contributed by atoms with van der Waals surface area (Å²) in [5.41, 5.74) is 0.0457. The van der Waals surface area contributed by atoms with Gasteiger partial charge in [-0.25, -0.2) is 13.2 Å². The number of hydrogen-bond donors (Lipinski definition) is 1. The first-order valence-electron chi connectivity index (χ1n) is 5.87. The van der Waals surface area contributed by atoms with Crippen LogP contribution in [0.2, 0.25) is 0 Å². The van der Waals surface area contributed by atoms with Crippen molar-refractivity contribution in [1.82, 2.24) is 15.5 Å². The van der Waals surface area contributed by atoms with Crippen LogP contribution < -0.4 is 5.32 Å². The highest BCUT2D eigenvalue weighted by molar-refractivity contribution is 5.54. The summed E-state index contributed by atoms with van der Waals surface area (Å²) in [6.07, 6.45) is 1.87. The van der Waals surface area contributed by atoms with E-state index < -0.39 is 17.5 Å². The molecule has 0 aliphatic carbocycles. The zero-order valence-corrected chi connectivity index (χ0v) is 9.79. The molecular weight excluding hydrogens is 259 g/mol. The number of hydrogen-bond acceptors (Lipinski definition) is 4. The van der Waals surface area contributed by atoms with Crippen molar-refractivity contribution in [3.63, 3.8) is 0 Å². The predicted molar refractivity (Wildman–Crippen MR) is 59.6 cm³/mol. The van der Waals surface area contributed by atoms with E-state index in [-0.39, 0.29) is 17.4 Å². The van der Waals surface area contributed by atoms with Gasteiger partial charge in [0.25, 0.3) is 0 Å². The largest absolute Gasteiger partial charge is 0.337 e. The molecule has 3 rings (SSSR count). The van der Waals surface area contributed by atoms with Crippen LogP contribution in [0, 0.1) is 17.5 Å². The first kappa shape index (κ1) is 12.2. The third kappa shape index (κ3) is 2.21. The predicted octanol–water partition coefficient (Wildman–Crippen LogP) is 2.58. The molecule has 1 aromatic heterocycles. The molecule has 100 valence electrons. The molecule has 1 aliphatic heterocycles. The molecule has 7 heteroatoms. The quantitative estimate of drug-likeness (QED) is 0.851. The molecule has 1 saturated heterocycles. The Hall–Kier alpha value is -1.89. The van der Waals surface area contributed by atoms with Crippen molar-refractivity contribution in [2.24, 2.45) is 0 Å². The molecule has 2 heterocycles. The van der Waals surface area contributed by atoms with Crippen LogP contribution in [0.25, 0.3) is 11.4 Å². The van der Waals surface area contributed by atoms with E-state index in [0.717, 1.165) is 31.5 Å². The van der Waals surface area contributed by atoms with E-state index in [1.165, 1.54) is 0 Å². The van der Waals surface area contributed by atoms with Crippen molar-refractivity contribution in [2.75, 3.05) is 6.54 Å². The van der Waals surface area contributed by atoms with Gasteiger partial charge in [-0.3, -0.25) is 0 Å². The SMILES string of the molecule is Fc1cc(-c2noc(C3CCCN3)n2)cc(F)c1F. The molecule has 0 bridgehead atoms. The minimum Gasteiger partial charge on any atom is -0.337 e. The van der Waals surface area contributed by atoms with E-state index in [9.17, 15) is 13.2 Å². The Labute approximate surface area is 106 Å². The summed E-state index contributed by atoms with van der Waals surface area (Å²) in [5, 5.41) is 6.83. The van der Waals surface area contributed by atoms with E-state index in [0.29, 0.717) is 5.89 Å². The highest BCUT2D eigenvalue weighted by Crippen LogP contribution is 2.25. The van der Waals surface area contributed by atoms with Gasteiger partial charge >= 0.3 is 0 Å². The Morgan fingerprint density at radius 2 is 1.95 bits per heavy atom. The summed E-state index contributed by atoms with van der Waals surface area (Å²) >= 11 is 0. The van der Waals surface area contributed by atoms with Gasteiger partial charge in [0.1, 0.15) is 0 Å². The topological polar surface area (TPSA) is 51.0 Å². The third-order valence-corrected chi connectivity index (χ3v) is 3.04. The summed E-state index contributed by atoms with van der Waals surface area (Å²) in [6.45, 7) is 0.863. The van der Waals surface area contributed by atoms with Crippen LogP contribution in [0.15, 0.2) is 16.7 Å². The summed E-state index contributed by atoms with van der Waals surface area (Å²) in [6, 6.07) is 1.65. The summed E-state index contributed by atoms with van der Waals surface area (Å²) in [4.78, 5) is 4.08. The van der Waals surface area contributed by atoms with E-state index >= 15 is 0 Å².